The van der Waals surface area contributed by atoms with Crippen LogP contribution in [0.2, 0.25) is 0 Å². The van der Waals surface area contributed by atoms with Crippen molar-refractivity contribution >= 4 is 28.6 Å². The van der Waals surface area contributed by atoms with E-state index in [0.29, 0.717) is 0 Å². The van der Waals surface area contributed by atoms with Crippen LogP contribution in [0.3, 0.4) is 0 Å². The molecular formula is C8H9BrSi. The Hall–Kier alpha value is -0.0831. The van der Waals surface area contributed by atoms with Crippen LogP contribution in [0.4, 0.5) is 0 Å². The second kappa shape index (κ2) is 3.35. The van der Waals surface area contributed by atoms with Crippen molar-refractivity contribution in [2.45, 2.75) is 13.8 Å². The van der Waals surface area contributed by atoms with E-state index in [1.54, 1.807) is 0 Å². The third-order valence-electron chi connectivity index (χ3n) is 1.71. The number of hydrogen-bond acceptors (Lipinski definition) is 0. The van der Waals surface area contributed by atoms with Gasteiger partial charge in [0.15, 0.2) is 8.14 Å². The first-order valence-electron chi connectivity index (χ1n) is 3.18. The molecule has 52 valence electrons. The monoisotopic (exact) mass is 212 g/mol. The van der Waals surface area contributed by atoms with E-state index in [4.69, 9.17) is 0 Å². The van der Waals surface area contributed by atoms with Crippen molar-refractivity contribution in [2.75, 3.05) is 0 Å². The largest absolute Gasteiger partial charge is 0.176 e. The Kier molecular flexibility index (Phi) is 2.69. The fourth-order valence-corrected chi connectivity index (χ4v) is 2.64. The molecule has 0 aromatic heterocycles. The summed E-state index contributed by atoms with van der Waals surface area (Å²) in [5.74, 6) is 0. The Morgan fingerprint density at radius 3 is 2.50 bits per heavy atom. The highest BCUT2D eigenvalue weighted by Gasteiger charge is 1.97. The van der Waals surface area contributed by atoms with Gasteiger partial charge in [-0.3, -0.25) is 0 Å². The van der Waals surface area contributed by atoms with Crippen molar-refractivity contribution < 1.29 is 0 Å². The van der Waals surface area contributed by atoms with E-state index in [1.807, 2.05) is 0 Å². The molecule has 0 aliphatic carbocycles. The van der Waals surface area contributed by atoms with Crippen molar-refractivity contribution in [1.82, 2.24) is 0 Å². The molecule has 0 aliphatic heterocycles. The zero-order valence-electron chi connectivity index (χ0n) is 6.11. The molecule has 0 nitrogen and oxygen atoms in total. The van der Waals surface area contributed by atoms with Gasteiger partial charge in [0.05, 0.1) is 0 Å². The van der Waals surface area contributed by atoms with Crippen molar-refractivity contribution in [1.29, 1.82) is 0 Å². The summed E-state index contributed by atoms with van der Waals surface area (Å²) in [6.45, 7) is 4.31. The molecule has 0 atom stereocenters. The molecule has 0 spiro atoms. The first-order chi connectivity index (χ1) is 4.75. The number of aryl methyl sites for hydroxylation is 1. The van der Waals surface area contributed by atoms with Crippen molar-refractivity contribution in [3.8, 4) is 0 Å². The van der Waals surface area contributed by atoms with Gasteiger partial charge < -0.3 is 0 Å². The number of rotatable bonds is 1. The number of hydrogen-bond donors (Lipinski definition) is 0. The summed E-state index contributed by atoms with van der Waals surface area (Å²) in [4.78, 5) is 0. The Labute approximate surface area is 72.1 Å². The summed E-state index contributed by atoms with van der Waals surface area (Å²) in [5.41, 5.74) is 2.79. The standard InChI is InChI=1S/C8H9BrSi/c1-6-4-3-5-8(10-9)7(6)2/h3-5H,1-2H3. The highest BCUT2D eigenvalue weighted by atomic mass is 79.9. The molecule has 0 fully saturated rings. The van der Waals surface area contributed by atoms with Gasteiger partial charge in [-0.05, 0) is 30.2 Å². The third-order valence-corrected chi connectivity index (χ3v) is 3.73. The van der Waals surface area contributed by atoms with Gasteiger partial charge in [0.2, 0.25) is 0 Å². The molecule has 0 bridgehead atoms. The van der Waals surface area contributed by atoms with Gasteiger partial charge >= 0.3 is 0 Å². The van der Waals surface area contributed by atoms with Gasteiger partial charge in [0, 0.05) is 0 Å². The van der Waals surface area contributed by atoms with Gasteiger partial charge in [-0.15, -0.1) is 15.3 Å². The highest BCUT2D eigenvalue weighted by Crippen LogP contribution is 2.02. The number of benzene rings is 1. The smallest absolute Gasteiger partial charge is 0.125 e. The van der Waals surface area contributed by atoms with Crippen LogP contribution >= 0.6 is 15.3 Å². The second-order valence-corrected chi connectivity index (χ2v) is 4.26. The van der Waals surface area contributed by atoms with Gasteiger partial charge in [-0.2, -0.15) is 0 Å². The summed E-state index contributed by atoms with van der Waals surface area (Å²) in [6.07, 6.45) is 0. The molecule has 0 saturated heterocycles. The SMILES string of the molecule is Cc1cccc([Si]Br)c1C. The quantitative estimate of drug-likeness (QED) is 0.494. The van der Waals surface area contributed by atoms with Crippen molar-refractivity contribution in [2.24, 2.45) is 0 Å². The van der Waals surface area contributed by atoms with Gasteiger partial charge in [-0.25, -0.2) is 0 Å². The summed E-state index contributed by atoms with van der Waals surface area (Å²) < 4.78 is 0. The lowest BCUT2D eigenvalue weighted by molar-refractivity contribution is 1.37. The topological polar surface area (TPSA) is 0 Å². The summed E-state index contributed by atoms with van der Waals surface area (Å²) in [5, 5.41) is 1.42. The lowest BCUT2D eigenvalue weighted by Crippen LogP contribution is -2.12. The molecule has 0 aliphatic rings. The number of halogens is 1. The summed E-state index contributed by atoms with van der Waals surface area (Å²) in [6, 6.07) is 6.41. The van der Waals surface area contributed by atoms with E-state index in [9.17, 15) is 0 Å². The third kappa shape index (κ3) is 1.50. The maximum atomic E-state index is 3.47. The minimum atomic E-state index is 0.738. The van der Waals surface area contributed by atoms with E-state index in [0.717, 1.165) is 8.14 Å². The predicted molar refractivity (Wildman–Crippen MR) is 50.2 cm³/mol. The maximum absolute atomic E-state index is 3.47. The fourth-order valence-electron chi connectivity index (χ4n) is 0.853. The average Bonchev–Trinajstić information content (AvgIpc) is 1.95. The molecule has 2 heteroatoms. The molecule has 0 amide bonds. The Morgan fingerprint density at radius 1 is 1.30 bits per heavy atom. The van der Waals surface area contributed by atoms with Crippen LogP contribution < -0.4 is 5.19 Å². The molecule has 0 N–H and O–H groups in total. The van der Waals surface area contributed by atoms with Crippen LogP contribution in [0.15, 0.2) is 18.2 Å². The van der Waals surface area contributed by atoms with Crippen LogP contribution in [-0.2, 0) is 0 Å². The van der Waals surface area contributed by atoms with Crippen LogP contribution in [0, 0.1) is 13.8 Å². The first kappa shape index (κ1) is 8.02. The zero-order chi connectivity index (χ0) is 7.56. The molecule has 1 aromatic rings. The maximum Gasteiger partial charge on any atom is 0.176 e. The van der Waals surface area contributed by atoms with E-state index in [2.05, 4.69) is 47.3 Å². The molecule has 0 heterocycles. The van der Waals surface area contributed by atoms with Gasteiger partial charge in [0.1, 0.15) is 0 Å². The van der Waals surface area contributed by atoms with Crippen molar-refractivity contribution in [3.63, 3.8) is 0 Å². The van der Waals surface area contributed by atoms with Crippen LogP contribution in [0.25, 0.3) is 0 Å². The van der Waals surface area contributed by atoms with Crippen LogP contribution in [-0.4, -0.2) is 8.14 Å². The second-order valence-electron chi connectivity index (χ2n) is 2.34. The van der Waals surface area contributed by atoms with Crippen LogP contribution in [0.1, 0.15) is 11.1 Å². The summed E-state index contributed by atoms with van der Waals surface area (Å²) >= 11 is 3.47. The molecule has 0 unspecified atom stereocenters. The van der Waals surface area contributed by atoms with Gasteiger partial charge in [-0.1, -0.05) is 18.2 Å². The van der Waals surface area contributed by atoms with E-state index < -0.39 is 0 Å². The lowest BCUT2D eigenvalue weighted by atomic mass is 10.1. The molecule has 1 rings (SSSR count). The molecular weight excluding hydrogens is 204 g/mol. The summed E-state index contributed by atoms with van der Waals surface area (Å²) in [7, 11) is 0.738. The zero-order valence-corrected chi connectivity index (χ0v) is 8.70. The molecule has 1 aromatic carbocycles. The average molecular weight is 213 g/mol. The van der Waals surface area contributed by atoms with Crippen LogP contribution in [0.5, 0.6) is 0 Å². The normalized spacial score (nSPS) is 9.90. The molecule has 0 saturated carbocycles. The Morgan fingerprint density at radius 2 is 2.00 bits per heavy atom. The van der Waals surface area contributed by atoms with E-state index in [-0.39, 0.29) is 0 Å². The predicted octanol–water partition coefficient (Wildman–Crippen LogP) is 1.94. The Bertz CT molecular complexity index is 233. The lowest BCUT2D eigenvalue weighted by Gasteiger charge is -2.02. The van der Waals surface area contributed by atoms with Crippen molar-refractivity contribution in [3.05, 3.63) is 29.3 Å². The van der Waals surface area contributed by atoms with Gasteiger partial charge in [0.25, 0.3) is 0 Å². The van der Waals surface area contributed by atoms with E-state index in [1.165, 1.54) is 16.3 Å². The molecule has 2 radical (unpaired) electrons. The van der Waals surface area contributed by atoms with E-state index >= 15 is 0 Å². The first-order valence-corrected chi connectivity index (χ1v) is 6.44. The molecule has 10 heavy (non-hydrogen) atoms. The minimum absolute atomic E-state index is 0.738. The highest BCUT2D eigenvalue weighted by molar-refractivity contribution is 9.23. The Balaban J connectivity index is 3.14. The fraction of sp³-hybridized carbons (Fsp3) is 0.250. The minimum Gasteiger partial charge on any atom is -0.125 e.